The van der Waals surface area contributed by atoms with Gasteiger partial charge in [-0.3, -0.25) is 4.90 Å². The summed E-state index contributed by atoms with van der Waals surface area (Å²) in [6.07, 6.45) is 4.44. The second kappa shape index (κ2) is 7.38. The van der Waals surface area contributed by atoms with Crippen LogP contribution < -0.4 is 0 Å². The smallest absolute Gasteiger partial charge is 0.243 e. The normalized spacial score (nSPS) is 23.5. The highest BCUT2D eigenvalue weighted by Crippen LogP contribution is 2.40. The Balaban J connectivity index is 1.75. The fourth-order valence-corrected chi connectivity index (χ4v) is 6.00. The zero-order chi connectivity index (χ0) is 19.0. The molecule has 144 valence electrons. The van der Waals surface area contributed by atoms with Crippen molar-refractivity contribution in [3.8, 4) is 0 Å². The van der Waals surface area contributed by atoms with Gasteiger partial charge < -0.3 is 0 Å². The fraction of sp³-hybridized carbons (Fsp3) is 0.455. The van der Waals surface area contributed by atoms with E-state index in [1.165, 1.54) is 24.0 Å². The number of aryl methyl sites for hydroxylation is 2. The maximum Gasteiger partial charge on any atom is 0.243 e. The molecule has 0 saturated carbocycles. The van der Waals surface area contributed by atoms with E-state index in [4.69, 9.17) is 0 Å². The molecule has 2 aromatic rings. The molecule has 0 amide bonds. The molecule has 0 unspecified atom stereocenters. The molecule has 27 heavy (non-hydrogen) atoms. The predicted molar refractivity (Wildman–Crippen MR) is 108 cm³/mol. The minimum absolute atomic E-state index is 0.139. The molecule has 1 aliphatic carbocycles. The van der Waals surface area contributed by atoms with E-state index in [2.05, 4.69) is 23.1 Å². The number of hydrogen-bond donors (Lipinski definition) is 0. The number of likely N-dealkylation sites (N-methyl/N-ethyl adjacent to an activating group) is 1. The average Bonchev–Trinajstić information content (AvgIpc) is 3.21. The van der Waals surface area contributed by atoms with E-state index in [0.29, 0.717) is 4.90 Å². The van der Waals surface area contributed by atoms with Gasteiger partial charge in [0.2, 0.25) is 10.0 Å². The number of sulfonamides is 1. The minimum Gasteiger partial charge on any atom is -0.298 e. The summed E-state index contributed by atoms with van der Waals surface area (Å²) in [5.41, 5.74) is 3.51. The van der Waals surface area contributed by atoms with Gasteiger partial charge in [0.05, 0.1) is 10.9 Å². The van der Waals surface area contributed by atoms with E-state index in [9.17, 15) is 8.42 Å². The summed E-state index contributed by atoms with van der Waals surface area (Å²) in [4.78, 5) is 2.88. The molecule has 4 nitrogen and oxygen atoms in total. The van der Waals surface area contributed by atoms with Crippen molar-refractivity contribution in [3.63, 3.8) is 0 Å². The Morgan fingerprint density at radius 1 is 1.00 bits per heavy atom. The van der Waals surface area contributed by atoms with Gasteiger partial charge in [-0.25, -0.2) is 8.42 Å². The number of rotatable bonds is 4. The van der Waals surface area contributed by atoms with Crippen molar-refractivity contribution in [3.05, 3.63) is 65.2 Å². The molecule has 1 saturated heterocycles. The quantitative estimate of drug-likeness (QED) is 0.806. The second-order valence-corrected chi connectivity index (χ2v) is 9.82. The molecular weight excluding hydrogens is 356 g/mol. The lowest BCUT2D eigenvalue weighted by Crippen LogP contribution is -2.48. The van der Waals surface area contributed by atoms with E-state index in [1.54, 1.807) is 23.5 Å². The van der Waals surface area contributed by atoms with Gasteiger partial charge in [-0.2, -0.15) is 4.31 Å². The molecule has 0 N–H and O–H groups in total. The van der Waals surface area contributed by atoms with Gasteiger partial charge in [0.1, 0.15) is 0 Å². The van der Waals surface area contributed by atoms with Crippen LogP contribution in [0.15, 0.2) is 53.4 Å². The molecule has 4 rings (SSSR count). The number of hydrogen-bond acceptors (Lipinski definition) is 3. The number of likely N-dealkylation sites (tertiary alicyclic amines) is 1. The van der Waals surface area contributed by atoms with Crippen molar-refractivity contribution < 1.29 is 8.42 Å². The fourth-order valence-electron chi connectivity index (χ4n) is 4.64. The zero-order valence-corrected chi connectivity index (χ0v) is 17.0. The molecule has 1 heterocycles. The van der Waals surface area contributed by atoms with E-state index in [1.807, 2.05) is 25.1 Å². The van der Waals surface area contributed by atoms with E-state index >= 15 is 0 Å². The molecule has 0 spiro atoms. The Morgan fingerprint density at radius 2 is 1.67 bits per heavy atom. The summed E-state index contributed by atoms with van der Waals surface area (Å²) in [5.74, 6) is 0. The van der Waals surface area contributed by atoms with Crippen molar-refractivity contribution in [1.82, 2.24) is 9.21 Å². The standard InChI is InChI=1S/C22H28N2O2S/c1-17-9-12-19(13-10-17)27(25,26)23(2)22-20-8-4-3-7-18(20)11-14-21(22)24-15-5-6-16-24/h3-4,7-10,12-13,21-22H,5-6,11,14-16H2,1-2H3/t21-,22+/m0/s1. The third kappa shape index (κ3) is 3.44. The van der Waals surface area contributed by atoms with Gasteiger partial charge in [0.25, 0.3) is 0 Å². The molecule has 1 aliphatic heterocycles. The molecule has 5 heteroatoms. The third-order valence-corrected chi connectivity index (χ3v) is 8.00. The Hall–Kier alpha value is -1.69. The van der Waals surface area contributed by atoms with Gasteiger partial charge in [0.15, 0.2) is 0 Å². The average molecular weight is 385 g/mol. The van der Waals surface area contributed by atoms with Crippen LogP contribution in [0.25, 0.3) is 0 Å². The van der Waals surface area contributed by atoms with Gasteiger partial charge in [0, 0.05) is 13.1 Å². The Morgan fingerprint density at radius 3 is 2.37 bits per heavy atom. The first kappa shape index (κ1) is 18.7. The highest BCUT2D eigenvalue weighted by molar-refractivity contribution is 7.89. The highest BCUT2D eigenvalue weighted by atomic mass is 32.2. The summed E-state index contributed by atoms with van der Waals surface area (Å²) in [5, 5.41) is 0. The van der Waals surface area contributed by atoms with Crippen LogP contribution in [-0.2, 0) is 16.4 Å². The van der Waals surface area contributed by atoms with E-state index < -0.39 is 10.0 Å². The maximum absolute atomic E-state index is 13.4. The Labute approximate surface area is 162 Å². The first-order chi connectivity index (χ1) is 13.0. The zero-order valence-electron chi connectivity index (χ0n) is 16.1. The summed E-state index contributed by atoms with van der Waals surface area (Å²) in [6.45, 7) is 4.12. The number of fused-ring (bicyclic) bond motifs is 1. The van der Waals surface area contributed by atoms with Gasteiger partial charge in [-0.15, -0.1) is 0 Å². The Bertz CT molecular complexity index is 902. The van der Waals surface area contributed by atoms with Crippen LogP contribution in [0.2, 0.25) is 0 Å². The molecule has 0 radical (unpaired) electrons. The largest absolute Gasteiger partial charge is 0.298 e. The van der Waals surface area contributed by atoms with Crippen LogP contribution in [0.3, 0.4) is 0 Å². The van der Waals surface area contributed by atoms with Crippen LogP contribution in [0.1, 0.15) is 42.0 Å². The summed E-state index contributed by atoms with van der Waals surface area (Å²) < 4.78 is 28.5. The maximum atomic E-state index is 13.4. The lowest BCUT2D eigenvalue weighted by atomic mass is 9.83. The van der Waals surface area contributed by atoms with Crippen LogP contribution >= 0.6 is 0 Å². The van der Waals surface area contributed by atoms with E-state index in [0.717, 1.165) is 31.5 Å². The van der Waals surface area contributed by atoms with Crippen molar-refractivity contribution in [2.45, 2.75) is 49.6 Å². The molecule has 2 aliphatic rings. The SMILES string of the molecule is Cc1ccc(S(=O)(=O)N(C)[C@@H]2c3ccccc3CC[C@@H]2N2CCCC2)cc1. The first-order valence-corrected chi connectivity index (χ1v) is 11.3. The summed E-state index contributed by atoms with van der Waals surface area (Å²) >= 11 is 0. The number of nitrogens with zero attached hydrogens (tertiary/aromatic N) is 2. The minimum atomic E-state index is -3.55. The summed E-state index contributed by atoms with van der Waals surface area (Å²) in [6, 6.07) is 15.6. The van der Waals surface area contributed by atoms with Crippen molar-refractivity contribution in [2.24, 2.45) is 0 Å². The monoisotopic (exact) mass is 384 g/mol. The molecule has 2 aromatic carbocycles. The van der Waals surface area contributed by atoms with Gasteiger partial charge in [-0.1, -0.05) is 42.0 Å². The van der Waals surface area contributed by atoms with Crippen LogP contribution in [0.4, 0.5) is 0 Å². The molecule has 0 bridgehead atoms. The third-order valence-electron chi connectivity index (χ3n) is 6.15. The second-order valence-electron chi connectivity index (χ2n) is 7.83. The number of benzene rings is 2. The lowest BCUT2D eigenvalue weighted by molar-refractivity contribution is 0.139. The van der Waals surface area contributed by atoms with Gasteiger partial charge in [-0.05, 0) is 69.0 Å². The molecule has 1 fully saturated rings. The van der Waals surface area contributed by atoms with E-state index in [-0.39, 0.29) is 12.1 Å². The van der Waals surface area contributed by atoms with Crippen molar-refractivity contribution in [1.29, 1.82) is 0 Å². The Kier molecular flexibility index (Phi) is 5.10. The summed E-state index contributed by atoms with van der Waals surface area (Å²) in [7, 11) is -1.80. The van der Waals surface area contributed by atoms with Gasteiger partial charge >= 0.3 is 0 Å². The predicted octanol–water partition coefficient (Wildman–Crippen LogP) is 3.77. The lowest BCUT2D eigenvalue weighted by Gasteiger charge is -2.43. The van der Waals surface area contributed by atoms with Crippen LogP contribution in [0.5, 0.6) is 0 Å². The van der Waals surface area contributed by atoms with Crippen LogP contribution in [0, 0.1) is 6.92 Å². The molecule has 0 aromatic heterocycles. The van der Waals surface area contributed by atoms with Crippen molar-refractivity contribution >= 4 is 10.0 Å². The van der Waals surface area contributed by atoms with Crippen LogP contribution in [-0.4, -0.2) is 43.8 Å². The molecule has 2 atom stereocenters. The topological polar surface area (TPSA) is 40.6 Å². The highest BCUT2D eigenvalue weighted by Gasteiger charge is 2.41. The molecular formula is C22H28N2O2S. The van der Waals surface area contributed by atoms with Crippen molar-refractivity contribution in [2.75, 3.05) is 20.1 Å². The first-order valence-electron chi connectivity index (χ1n) is 9.85.